The van der Waals surface area contributed by atoms with Crippen LogP contribution in [-0.2, 0) is 6.54 Å². The summed E-state index contributed by atoms with van der Waals surface area (Å²) < 4.78 is 2.25. The van der Waals surface area contributed by atoms with Crippen LogP contribution in [0.25, 0.3) is 10.2 Å². The van der Waals surface area contributed by atoms with E-state index in [-0.39, 0.29) is 5.78 Å². The van der Waals surface area contributed by atoms with E-state index in [0.717, 1.165) is 29.6 Å². The van der Waals surface area contributed by atoms with Crippen LogP contribution in [-0.4, -0.2) is 10.4 Å². The average molecular weight is 318 g/mol. The molecule has 1 aromatic carbocycles. The highest BCUT2D eigenvalue weighted by atomic mass is 35.5. The molecule has 4 heteroatoms. The van der Waals surface area contributed by atoms with Crippen LogP contribution in [0.2, 0.25) is 5.02 Å². The molecular formula is C17H16ClNOS. The van der Waals surface area contributed by atoms with Crippen molar-refractivity contribution >= 4 is 38.9 Å². The van der Waals surface area contributed by atoms with E-state index in [1.807, 2.05) is 30.5 Å². The van der Waals surface area contributed by atoms with Gasteiger partial charge in [0.25, 0.3) is 0 Å². The zero-order valence-electron chi connectivity index (χ0n) is 12.0. The SMILES string of the molecule is CCCn1c(C)c(C(=O)c2cccc(Cl)c2)c2ccsc21. The molecule has 0 fully saturated rings. The summed E-state index contributed by atoms with van der Waals surface area (Å²) in [7, 11) is 0. The van der Waals surface area contributed by atoms with Crippen LogP contribution in [0.4, 0.5) is 0 Å². The molecule has 2 nitrogen and oxygen atoms in total. The molecule has 2 aromatic heterocycles. The highest BCUT2D eigenvalue weighted by molar-refractivity contribution is 7.16. The molecule has 0 bridgehead atoms. The van der Waals surface area contributed by atoms with Crippen LogP contribution < -0.4 is 0 Å². The molecule has 0 radical (unpaired) electrons. The highest BCUT2D eigenvalue weighted by Crippen LogP contribution is 2.32. The van der Waals surface area contributed by atoms with E-state index >= 15 is 0 Å². The lowest BCUT2D eigenvalue weighted by atomic mass is 10.0. The fraction of sp³-hybridized carbons (Fsp3) is 0.235. The van der Waals surface area contributed by atoms with Gasteiger partial charge in [0.05, 0.1) is 5.56 Å². The van der Waals surface area contributed by atoms with Crippen LogP contribution >= 0.6 is 22.9 Å². The van der Waals surface area contributed by atoms with Crippen molar-refractivity contribution in [2.75, 3.05) is 0 Å². The molecule has 3 rings (SSSR count). The largest absolute Gasteiger partial charge is 0.336 e. The van der Waals surface area contributed by atoms with Crippen LogP contribution in [0.15, 0.2) is 35.7 Å². The number of halogens is 1. The molecule has 0 spiro atoms. The first-order valence-corrected chi connectivity index (χ1v) is 8.25. The van der Waals surface area contributed by atoms with Crippen LogP contribution in [0.5, 0.6) is 0 Å². The number of aryl methyl sites for hydroxylation is 1. The van der Waals surface area contributed by atoms with Crippen molar-refractivity contribution < 1.29 is 4.79 Å². The van der Waals surface area contributed by atoms with E-state index in [1.165, 1.54) is 4.83 Å². The molecule has 0 saturated carbocycles. The third kappa shape index (κ3) is 2.41. The van der Waals surface area contributed by atoms with E-state index in [9.17, 15) is 4.79 Å². The van der Waals surface area contributed by atoms with Crippen molar-refractivity contribution in [3.05, 3.63) is 57.6 Å². The van der Waals surface area contributed by atoms with E-state index < -0.39 is 0 Å². The van der Waals surface area contributed by atoms with Gasteiger partial charge in [0.1, 0.15) is 4.83 Å². The summed E-state index contributed by atoms with van der Waals surface area (Å²) in [6, 6.07) is 9.20. The molecule has 0 atom stereocenters. The maximum atomic E-state index is 12.9. The van der Waals surface area contributed by atoms with Gasteiger partial charge in [-0.3, -0.25) is 4.79 Å². The molecule has 0 unspecified atom stereocenters. The summed E-state index contributed by atoms with van der Waals surface area (Å²) in [4.78, 5) is 14.1. The zero-order valence-corrected chi connectivity index (χ0v) is 13.6. The Balaban J connectivity index is 2.18. The number of hydrogen-bond donors (Lipinski definition) is 0. The second-order valence-corrected chi connectivity index (χ2v) is 6.42. The molecule has 0 aliphatic rings. The molecule has 0 saturated heterocycles. The minimum Gasteiger partial charge on any atom is -0.336 e. The van der Waals surface area contributed by atoms with Gasteiger partial charge in [0.2, 0.25) is 0 Å². The summed E-state index contributed by atoms with van der Waals surface area (Å²) in [5, 5.41) is 3.69. The summed E-state index contributed by atoms with van der Waals surface area (Å²) in [6.45, 7) is 5.11. The lowest BCUT2D eigenvalue weighted by Gasteiger charge is -2.06. The Kier molecular flexibility index (Phi) is 3.87. The normalized spacial score (nSPS) is 11.2. The van der Waals surface area contributed by atoms with Gasteiger partial charge in [-0.15, -0.1) is 11.3 Å². The smallest absolute Gasteiger partial charge is 0.195 e. The summed E-state index contributed by atoms with van der Waals surface area (Å²) in [5.41, 5.74) is 2.50. The third-order valence-electron chi connectivity index (χ3n) is 3.69. The molecule has 0 amide bonds. The molecule has 0 aliphatic carbocycles. The van der Waals surface area contributed by atoms with Gasteiger partial charge in [0, 0.05) is 28.2 Å². The Morgan fingerprint density at radius 2 is 2.14 bits per heavy atom. The minimum absolute atomic E-state index is 0.0493. The Bertz CT molecular complexity index is 815. The summed E-state index contributed by atoms with van der Waals surface area (Å²) >= 11 is 7.70. The topological polar surface area (TPSA) is 22.0 Å². The molecule has 2 heterocycles. The molecule has 108 valence electrons. The Labute approximate surface area is 133 Å². The van der Waals surface area contributed by atoms with Crippen molar-refractivity contribution in [2.45, 2.75) is 26.8 Å². The maximum absolute atomic E-state index is 12.9. The second kappa shape index (κ2) is 5.66. The fourth-order valence-corrected chi connectivity index (χ4v) is 3.91. The highest BCUT2D eigenvalue weighted by Gasteiger charge is 2.21. The Morgan fingerprint density at radius 1 is 1.33 bits per heavy atom. The van der Waals surface area contributed by atoms with Crippen LogP contribution in [0, 0.1) is 6.92 Å². The number of carbonyl (C=O) groups is 1. The number of ketones is 1. The summed E-state index contributed by atoms with van der Waals surface area (Å²) in [6.07, 6.45) is 1.05. The van der Waals surface area contributed by atoms with Gasteiger partial charge < -0.3 is 4.57 Å². The van der Waals surface area contributed by atoms with Gasteiger partial charge in [-0.25, -0.2) is 0 Å². The van der Waals surface area contributed by atoms with E-state index in [2.05, 4.69) is 11.5 Å². The zero-order chi connectivity index (χ0) is 15.0. The van der Waals surface area contributed by atoms with Gasteiger partial charge in [-0.2, -0.15) is 0 Å². The Hall–Kier alpha value is -1.58. The molecular weight excluding hydrogens is 302 g/mol. The van der Waals surface area contributed by atoms with E-state index in [0.29, 0.717) is 10.6 Å². The number of thiophene rings is 1. The van der Waals surface area contributed by atoms with E-state index in [4.69, 9.17) is 11.6 Å². The van der Waals surface area contributed by atoms with Gasteiger partial charge in [0.15, 0.2) is 5.78 Å². The van der Waals surface area contributed by atoms with Crippen molar-refractivity contribution in [1.82, 2.24) is 4.57 Å². The van der Waals surface area contributed by atoms with Crippen molar-refractivity contribution in [3.63, 3.8) is 0 Å². The predicted octanol–water partition coefficient (Wildman–Crippen LogP) is 5.31. The van der Waals surface area contributed by atoms with Crippen LogP contribution in [0.3, 0.4) is 0 Å². The quantitative estimate of drug-likeness (QED) is 0.598. The monoisotopic (exact) mass is 317 g/mol. The number of aromatic nitrogens is 1. The number of nitrogens with zero attached hydrogens (tertiary/aromatic N) is 1. The molecule has 0 aliphatic heterocycles. The maximum Gasteiger partial charge on any atom is 0.195 e. The molecule has 0 N–H and O–H groups in total. The third-order valence-corrected chi connectivity index (χ3v) is 4.86. The first kappa shape index (κ1) is 14.4. The van der Waals surface area contributed by atoms with Gasteiger partial charge in [-0.1, -0.05) is 30.7 Å². The van der Waals surface area contributed by atoms with Crippen molar-refractivity contribution in [3.8, 4) is 0 Å². The number of rotatable bonds is 4. The average Bonchev–Trinajstić information content (AvgIpc) is 3.01. The van der Waals surface area contributed by atoms with Crippen molar-refractivity contribution in [1.29, 1.82) is 0 Å². The van der Waals surface area contributed by atoms with E-state index in [1.54, 1.807) is 23.5 Å². The van der Waals surface area contributed by atoms with Crippen LogP contribution in [0.1, 0.15) is 35.0 Å². The number of fused-ring (bicyclic) bond motifs is 1. The lowest BCUT2D eigenvalue weighted by molar-refractivity contribution is 0.103. The number of hydrogen-bond acceptors (Lipinski definition) is 2. The van der Waals surface area contributed by atoms with Gasteiger partial charge in [-0.05, 0) is 36.9 Å². The fourth-order valence-electron chi connectivity index (χ4n) is 2.74. The summed E-state index contributed by atoms with van der Waals surface area (Å²) in [5.74, 6) is 0.0493. The molecule has 3 aromatic rings. The standard InChI is InChI=1S/C17H16ClNOS/c1-3-8-19-11(2)15(14-7-9-21-17(14)19)16(20)12-5-4-6-13(18)10-12/h4-7,9-10H,3,8H2,1-2H3. The number of benzene rings is 1. The lowest BCUT2D eigenvalue weighted by Crippen LogP contribution is -2.05. The first-order valence-electron chi connectivity index (χ1n) is 7.00. The Morgan fingerprint density at radius 3 is 2.86 bits per heavy atom. The number of carbonyl (C=O) groups excluding carboxylic acids is 1. The minimum atomic E-state index is 0.0493. The molecule has 21 heavy (non-hydrogen) atoms. The first-order chi connectivity index (χ1) is 10.1. The van der Waals surface area contributed by atoms with Gasteiger partial charge >= 0.3 is 0 Å². The van der Waals surface area contributed by atoms with Crippen molar-refractivity contribution in [2.24, 2.45) is 0 Å². The predicted molar refractivity (Wildman–Crippen MR) is 89.7 cm³/mol. The second-order valence-electron chi connectivity index (χ2n) is 5.09.